The van der Waals surface area contributed by atoms with Gasteiger partial charge in [0.15, 0.2) is 0 Å². The molecule has 0 saturated carbocycles. The smallest absolute Gasteiger partial charge is 0.255 e. The summed E-state index contributed by atoms with van der Waals surface area (Å²) in [4.78, 5) is 38.1. The minimum Gasteiger partial charge on any atom is -0.330 e. The summed E-state index contributed by atoms with van der Waals surface area (Å²) in [5, 5.41) is 2.34. The summed E-state index contributed by atoms with van der Waals surface area (Å²) >= 11 is 0. The van der Waals surface area contributed by atoms with Gasteiger partial charge in [0.2, 0.25) is 11.8 Å². The summed E-state index contributed by atoms with van der Waals surface area (Å²) in [5.74, 6) is -0.820. The van der Waals surface area contributed by atoms with Crippen LogP contribution in [0.15, 0.2) is 42.5 Å². The fourth-order valence-electron chi connectivity index (χ4n) is 3.87. The summed E-state index contributed by atoms with van der Waals surface area (Å²) in [6, 6.07) is 13.3. The molecule has 27 heavy (non-hydrogen) atoms. The number of piperidine rings is 1. The predicted molar refractivity (Wildman–Crippen MR) is 101 cm³/mol. The van der Waals surface area contributed by atoms with E-state index in [0.29, 0.717) is 25.1 Å². The molecule has 1 saturated heterocycles. The van der Waals surface area contributed by atoms with E-state index in [-0.39, 0.29) is 24.1 Å². The zero-order chi connectivity index (χ0) is 19.0. The summed E-state index contributed by atoms with van der Waals surface area (Å²) in [6.45, 7) is 0.983. The Hall–Kier alpha value is -2.99. The number of amides is 3. The second kappa shape index (κ2) is 6.96. The van der Waals surface area contributed by atoms with Crippen molar-refractivity contribution in [2.75, 3.05) is 6.54 Å². The maximum atomic E-state index is 12.9. The minimum atomic E-state index is -0.595. The van der Waals surface area contributed by atoms with Crippen LogP contribution in [0.3, 0.4) is 0 Å². The van der Waals surface area contributed by atoms with Gasteiger partial charge in [-0.1, -0.05) is 36.4 Å². The Morgan fingerprint density at radius 3 is 2.48 bits per heavy atom. The second-order valence-corrected chi connectivity index (χ2v) is 6.97. The van der Waals surface area contributed by atoms with Gasteiger partial charge in [0, 0.05) is 18.5 Å². The molecule has 2 aliphatic rings. The maximum Gasteiger partial charge on any atom is 0.255 e. The first-order chi connectivity index (χ1) is 13.1. The van der Waals surface area contributed by atoms with E-state index < -0.39 is 6.04 Å². The van der Waals surface area contributed by atoms with Crippen molar-refractivity contribution < 1.29 is 14.4 Å². The molecular weight excluding hydrogens is 342 g/mol. The number of nitrogens with one attached hydrogen (secondary N) is 1. The van der Waals surface area contributed by atoms with Gasteiger partial charge in [0.25, 0.3) is 5.91 Å². The van der Waals surface area contributed by atoms with Crippen LogP contribution < -0.4 is 11.1 Å². The summed E-state index contributed by atoms with van der Waals surface area (Å²) in [7, 11) is 0. The van der Waals surface area contributed by atoms with Crippen LogP contribution in [-0.4, -0.2) is 35.2 Å². The molecule has 1 fully saturated rings. The van der Waals surface area contributed by atoms with E-state index >= 15 is 0 Å². The number of nitrogens with two attached hydrogens (primary N) is 1. The molecule has 2 aromatic rings. The summed E-state index contributed by atoms with van der Waals surface area (Å²) in [6.07, 6.45) is 1.45. The highest BCUT2D eigenvalue weighted by Gasteiger charge is 2.39. The number of nitrogens with zero attached hydrogens (tertiary/aromatic N) is 1. The summed E-state index contributed by atoms with van der Waals surface area (Å²) in [5.41, 5.74) is 10.4. The van der Waals surface area contributed by atoms with E-state index in [1.165, 1.54) is 5.56 Å². The Morgan fingerprint density at radius 2 is 1.78 bits per heavy atom. The third-order valence-electron chi connectivity index (χ3n) is 5.28. The van der Waals surface area contributed by atoms with Crippen molar-refractivity contribution in [1.82, 2.24) is 10.2 Å². The van der Waals surface area contributed by atoms with Gasteiger partial charge >= 0.3 is 0 Å². The van der Waals surface area contributed by atoms with Crippen molar-refractivity contribution in [1.29, 1.82) is 0 Å². The van der Waals surface area contributed by atoms with Crippen LogP contribution in [0.4, 0.5) is 0 Å². The van der Waals surface area contributed by atoms with Crippen LogP contribution in [-0.2, 0) is 22.6 Å². The molecule has 3 N–H and O–H groups in total. The van der Waals surface area contributed by atoms with Gasteiger partial charge < -0.3 is 10.6 Å². The fraction of sp³-hybridized carbons (Fsp3) is 0.286. The highest BCUT2D eigenvalue weighted by atomic mass is 16.2. The average molecular weight is 363 g/mol. The van der Waals surface area contributed by atoms with E-state index in [2.05, 4.69) is 17.4 Å². The first-order valence-corrected chi connectivity index (χ1v) is 9.14. The molecule has 1 atom stereocenters. The highest BCUT2D eigenvalue weighted by molar-refractivity contribution is 6.06. The standard InChI is InChI=1S/C21H21N3O3/c22-11-10-13-4-6-14(7-5-13)15-2-1-3-16-17(15)12-24(21(16)27)18-8-9-19(25)23-20(18)26/h1-7,18H,8-12,22H2,(H,23,25,26). The normalized spacial score (nSPS) is 19.2. The highest BCUT2D eigenvalue weighted by Crippen LogP contribution is 2.34. The average Bonchev–Trinajstić information content (AvgIpc) is 3.00. The minimum absolute atomic E-state index is 0.152. The molecule has 2 aromatic carbocycles. The molecule has 2 heterocycles. The van der Waals surface area contributed by atoms with Gasteiger partial charge in [-0.15, -0.1) is 0 Å². The molecule has 3 amide bonds. The van der Waals surface area contributed by atoms with Crippen molar-refractivity contribution in [2.24, 2.45) is 5.73 Å². The number of fused-ring (bicyclic) bond motifs is 1. The Labute approximate surface area is 157 Å². The third-order valence-corrected chi connectivity index (χ3v) is 5.28. The van der Waals surface area contributed by atoms with Crippen LogP contribution in [0.5, 0.6) is 0 Å². The number of carbonyl (C=O) groups is 3. The van der Waals surface area contributed by atoms with Crippen molar-refractivity contribution in [3.05, 3.63) is 59.2 Å². The van der Waals surface area contributed by atoms with Crippen LogP contribution in [0.25, 0.3) is 11.1 Å². The number of imide groups is 1. The number of hydrogen-bond acceptors (Lipinski definition) is 4. The van der Waals surface area contributed by atoms with E-state index in [9.17, 15) is 14.4 Å². The lowest BCUT2D eigenvalue weighted by Gasteiger charge is -2.29. The van der Waals surface area contributed by atoms with E-state index in [1.54, 1.807) is 11.0 Å². The monoisotopic (exact) mass is 363 g/mol. The van der Waals surface area contributed by atoms with Gasteiger partial charge in [0.05, 0.1) is 0 Å². The second-order valence-electron chi connectivity index (χ2n) is 6.97. The number of rotatable bonds is 4. The fourth-order valence-corrected chi connectivity index (χ4v) is 3.87. The molecule has 2 aliphatic heterocycles. The SMILES string of the molecule is NCCc1ccc(-c2cccc3c2CN(C2CCC(=O)NC2=O)C3=O)cc1. The first kappa shape index (κ1) is 17.4. The van der Waals surface area contributed by atoms with E-state index in [4.69, 9.17) is 5.73 Å². The van der Waals surface area contributed by atoms with Crippen LogP contribution in [0.2, 0.25) is 0 Å². The zero-order valence-electron chi connectivity index (χ0n) is 14.9. The number of benzene rings is 2. The molecule has 0 bridgehead atoms. The van der Waals surface area contributed by atoms with Gasteiger partial charge in [-0.25, -0.2) is 0 Å². The third kappa shape index (κ3) is 3.13. The molecule has 0 aliphatic carbocycles. The predicted octanol–water partition coefficient (Wildman–Crippen LogP) is 1.62. The Morgan fingerprint density at radius 1 is 1.04 bits per heavy atom. The lowest BCUT2D eigenvalue weighted by atomic mass is 9.96. The van der Waals surface area contributed by atoms with Gasteiger partial charge in [-0.05, 0) is 47.7 Å². The topological polar surface area (TPSA) is 92.5 Å². The molecular formula is C21H21N3O3. The van der Waals surface area contributed by atoms with Gasteiger partial charge in [0.1, 0.15) is 6.04 Å². The Kier molecular flexibility index (Phi) is 4.49. The van der Waals surface area contributed by atoms with Gasteiger partial charge in [-0.2, -0.15) is 0 Å². The molecule has 6 heteroatoms. The largest absolute Gasteiger partial charge is 0.330 e. The lowest BCUT2D eigenvalue weighted by Crippen LogP contribution is -2.52. The van der Waals surface area contributed by atoms with Crippen molar-refractivity contribution >= 4 is 17.7 Å². The molecule has 0 spiro atoms. The molecule has 6 nitrogen and oxygen atoms in total. The van der Waals surface area contributed by atoms with Crippen molar-refractivity contribution in [3.8, 4) is 11.1 Å². The summed E-state index contributed by atoms with van der Waals surface area (Å²) < 4.78 is 0. The first-order valence-electron chi connectivity index (χ1n) is 9.14. The van der Waals surface area contributed by atoms with Crippen LogP contribution in [0, 0.1) is 0 Å². The van der Waals surface area contributed by atoms with Crippen LogP contribution in [0.1, 0.15) is 34.3 Å². The van der Waals surface area contributed by atoms with E-state index in [0.717, 1.165) is 23.1 Å². The lowest BCUT2D eigenvalue weighted by molar-refractivity contribution is -0.136. The van der Waals surface area contributed by atoms with Crippen molar-refractivity contribution in [2.45, 2.75) is 31.8 Å². The molecule has 4 rings (SSSR count). The van der Waals surface area contributed by atoms with Crippen molar-refractivity contribution in [3.63, 3.8) is 0 Å². The Bertz CT molecular complexity index is 921. The van der Waals surface area contributed by atoms with Gasteiger partial charge in [-0.3, -0.25) is 19.7 Å². The zero-order valence-corrected chi connectivity index (χ0v) is 14.9. The quantitative estimate of drug-likeness (QED) is 0.808. The molecule has 1 unspecified atom stereocenters. The molecule has 138 valence electrons. The Balaban J connectivity index is 1.65. The molecule has 0 radical (unpaired) electrons. The maximum absolute atomic E-state index is 12.9. The van der Waals surface area contributed by atoms with E-state index in [1.807, 2.05) is 24.3 Å². The number of hydrogen-bond donors (Lipinski definition) is 2. The number of carbonyl (C=O) groups excluding carboxylic acids is 3. The molecule has 0 aromatic heterocycles. The van der Waals surface area contributed by atoms with Crippen LogP contribution >= 0.6 is 0 Å².